The van der Waals surface area contributed by atoms with E-state index in [1.165, 1.54) is 5.56 Å². The Morgan fingerprint density at radius 2 is 2.14 bits per heavy atom. The molecule has 1 amide bonds. The zero-order valence-corrected chi connectivity index (χ0v) is 9.08. The average Bonchev–Trinajstić information content (AvgIpc) is 2.56. The highest BCUT2D eigenvalue weighted by Crippen LogP contribution is 2.13. The molecule has 1 saturated heterocycles. The maximum Gasteiger partial charge on any atom is 0.407 e. The number of carbonyl (C=O) groups excluding carboxylic acids is 1. The predicted molar refractivity (Wildman–Crippen MR) is 56.1 cm³/mol. The third-order valence-corrected chi connectivity index (χ3v) is 2.66. The third kappa shape index (κ3) is 2.26. The van der Waals surface area contributed by atoms with Crippen LogP contribution in [0.25, 0.3) is 0 Å². The van der Waals surface area contributed by atoms with E-state index in [9.17, 15) is 4.79 Å². The van der Waals surface area contributed by atoms with E-state index >= 15 is 0 Å². The molecule has 0 unspecified atom stereocenters. The van der Waals surface area contributed by atoms with Crippen LogP contribution in [0.5, 0.6) is 0 Å². The molecular formula is C10H10BrNO2. The van der Waals surface area contributed by atoms with Crippen molar-refractivity contribution in [2.24, 2.45) is 0 Å². The van der Waals surface area contributed by atoms with Crippen molar-refractivity contribution in [1.29, 1.82) is 0 Å². The largest absolute Gasteiger partial charge is 0.447 e. The van der Waals surface area contributed by atoms with E-state index in [1.54, 1.807) is 0 Å². The van der Waals surface area contributed by atoms with Crippen LogP contribution in [0.4, 0.5) is 4.79 Å². The molecule has 0 radical (unpaired) electrons. The smallest absolute Gasteiger partial charge is 0.407 e. The highest BCUT2D eigenvalue weighted by atomic mass is 79.9. The Hall–Kier alpha value is -1.03. The van der Waals surface area contributed by atoms with Crippen LogP contribution in [0.1, 0.15) is 5.56 Å². The van der Waals surface area contributed by atoms with Crippen molar-refractivity contribution in [3.63, 3.8) is 0 Å². The Bertz CT molecular complexity index is 336. The standard InChI is InChI=1S/C10H10BrNO2/c11-8-3-1-7(2-4-8)5-9-6-14-10(13)12-9/h1-4,9H,5-6H2,(H,12,13)/t9-/m1/s1. The summed E-state index contributed by atoms with van der Waals surface area (Å²) in [7, 11) is 0. The van der Waals surface area contributed by atoms with Crippen molar-refractivity contribution in [1.82, 2.24) is 5.32 Å². The van der Waals surface area contributed by atoms with Crippen LogP contribution in [-0.4, -0.2) is 18.7 Å². The molecule has 14 heavy (non-hydrogen) atoms. The topological polar surface area (TPSA) is 38.3 Å². The van der Waals surface area contributed by atoms with Gasteiger partial charge in [-0.25, -0.2) is 4.79 Å². The van der Waals surface area contributed by atoms with Crippen molar-refractivity contribution < 1.29 is 9.53 Å². The van der Waals surface area contributed by atoms with Crippen molar-refractivity contribution in [2.45, 2.75) is 12.5 Å². The van der Waals surface area contributed by atoms with Crippen LogP contribution in [0.3, 0.4) is 0 Å². The van der Waals surface area contributed by atoms with Gasteiger partial charge >= 0.3 is 6.09 Å². The molecule has 1 N–H and O–H groups in total. The van der Waals surface area contributed by atoms with Crippen LogP contribution >= 0.6 is 15.9 Å². The highest BCUT2D eigenvalue weighted by Gasteiger charge is 2.21. The van der Waals surface area contributed by atoms with Crippen LogP contribution in [0, 0.1) is 0 Å². The lowest BCUT2D eigenvalue weighted by molar-refractivity contribution is 0.177. The van der Waals surface area contributed by atoms with Gasteiger partial charge in [-0.1, -0.05) is 28.1 Å². The van der Waals surface area contributed by atoms with Gasteiger partial charge in [-0.15, -0.1) is 0 Å². The molecular weight excluding hydrogens is 246 g/mol. The second-order valence-corrected chi connectivity index (χ2v) is 4.19. The molecule has 0 aromatic heterocycles. The van der Waals surface area contributed by atoms with Crippen LogP contribution in [0.15, 0.2) is 28.7 Å². The van der Waals surface area contributed by atoms with Crippen LogP contribution in [-0.2, 0) is 11.2 Å². The van der Waals surface area contributed by atoms with Gasteiger partial charge in [0.25, 0.3) is 0 Å². The Morgan fingerprint density at radius 3 is 2.71 bits per heavy atom. The van der Waals surface area contributed by atoms with E-state index in [1.807, 2.05) is 24.3 Å². The first-order valence-corrected chi connectivity index (χ1v) is 5.21. The minimum atomic E-state index is -0.313. The summed E-state index contributed by atoms with van der Waals surface area (Å²) in [5, 5.41) is 2.74. The van der Waals surface area contributed by atoms with E-state index in [0.717, 1.165) is 10.9 Å². The molecule has 1 fully saturated rings. The molecule has 0 spiro atoms. The molecule has 1 aromatic carbocycles. The lowest BCUT2D eigenvalue weighted by atomic mass is 10.1. The summed E-state index contributed by atoms with van der Waals surface area (Å²) < 4.78 is 5.87. The number of hydrogen-bond acceptors (Lipinski definition) is 2. The number of nitrogens with one attached hydrogen (secondary N) is 1. The molecule has 0 aliphatic carbocycles. The fraction of sp³-hybridized carbons (Fsp3) is 0.300. The van der Waals surface area contributed by atoms with Crippen molar-refractivity contribution in [3.8, 4) is 0 Å². The minimum absolute atomic E-state index is 0.115. The number of carbonyl (C=O) groups is 1. The number of amides is 1. The summed E-state index contributed by atoms with van der Waals surface area (Å²) >= 11 is 3.37. The number of halogens is 1. The maximum atomic E-state index is 10.8. The molecule has 1 aromatic rings. The van der Waals surface area contributed by atoms with Crippen LogP contribution in [0.2, 0.25) is 0 Å². The Balaban J connectivity index is 1.97. The second kappa shape index (κ2) is 4.00. The van der Waals surface area contributed by atoms with Gasteiger partial charge in [0.1, 0.15) is 6.61 Å². The van der Waals surface area contributed by atoms with E-state index in [0.29, 0.717) is 6.61 Å². The lowest BCUT2D eigenvalue weighted by Gasteiger charge is -2.06. The van der Waals surface area contributed by atoms with Gasteiger partial charge in [-0.3, -0.25) is 0 Å². The quantitative estimate of drug-likeness (QED) is 0.879. The first-order chi connectivity index (χ1) is 6.74. The molecule has 3 nitrogen and oxygen atoms in total. The first-order valence-electron chi connectivity index (χ1n) is 4.42. The van der Waals surface area contributed by atoms with Gasteiger partial charge in [0, 0.05) is 4.47 Å². The van der Waals surface area contributed by atoms with Gasteiger partial charge in [0.15, 0.2) is 0 Å². The number of ether oxygens (including phenoxy) is 1. The minimum Gasteiger partial charge on any atom is -0.447 e. The summed E-state index contributed by atoms with van der Waals surface area (Å²) in [5.41, 5.74) is 1.20. The number of hydrogen-bond donors (Lipinski definition) is 1. The SMILES string of the molecule is O=C1N[C@H](Cc2ccc(Br)cc2)CO1. The molecule has 0 saturated carbocycles. The monoisotopic (exact) mass is 255 g/mol. The number of rotatable bonds is 2. The molecule has 1 heterocycles. The lowest BCUT2D eigenvalue weighted by Crippen LogP contribution is -2.28. The van der Waals surface area contributed by atoms with E-state index in [4.69, 9.17) is 4.74 Å². The van der Waals surface area contributed by atoms with E-state index in [-0.39, 0.29) is 12.1 Å². The molecule has 4 heteroatoms. The number of alkyl carbamates (subject to hydrolysis) is 1. The Labute approximate surface area is 90.6 Å². The molecule has 1 aliphatic heterocycles. The van der Waals surface area contributed by atoms with Crippen molar-refractivity contribution in [2.75, 3.05) is 6.61 Å². The highest BCUT2D eigenvalue weighted by molar-refractivity contribution is 9.10. The van der Waals surface area contributed by atoms with Crippen molar-refractivity contribution in [3.05, 3.63) is 34.3 Å². The molecule has 1 aliphatic rings. The van der Waals surface area contributed by atoms with Gasteiger partial charge in [0.05, 0.1) is 6.04 Å². The summed E-state index contributed by atoms with van der Waals surface area (Å²) in [5.74, 6) is 0. The Morgan fingerprint density at radius 1 is 1.43 bits per heavy atom. The first kappa shape index (κ1) is 9.52. The Kier molecular flexibility index (Phi) is 2.72. The fourth-order valence-electron chi connectivity index (χ4n) is 1.44. The predicted octanol–water partition coefficient (Wildman–Crippen LogP) is 2.10. The van der Waals surface area contributed by atoms with Gasteiger partial charge < -0.3 is 10.1 Å². The third-order valence-electron chi connectivity index (χ3n) is 2.13. The summed E-state index contributed by atoms with van der Waals surface area (Å²) in [6.45, 7) is 0.467. The maximum absolute atomic E-state index is 10.8. The van der Waals surface area contributed by atoms with Gasteiger partial charge in [-0.2, -0.15) is 0 Å². The fourth-order valence-corrected chi connectivity index (χ4v) is 1.71. The number of cyclic esters (lactones) is 1. The zero-order valence-electron chi connectivity index (χ0n) is 7.50. The second-order valence-electron chi connectivity index (χ2n) is 3.27. The normalized spacial score (nSPS) is 20.4. The molecule has 1 atom stereocenters. The molecule has 74 valence electrons. The zero-order chi connectivity index (χ0) is 9.97. The van der Waals surface area contributed by atoms with Crippen LogP contribution < -0.4 is 5.32 Å². The molecule has 0 bridgehead atoms. The average molecular weight is 256 g/mol. The van der Waals surface area contributed by atoms with E-state index < -0.39 is 0 Å². The van der Waals surface area contributed by atoms with Gasteiger partial charge in [-0.05, 0) is 24.1 Å². The summed E-state index contributed by atoms with van der Waals surface area (Å²) in [4.78, 5) is 10.8. The summed E-state index contributed by atoms with van der Waals surface area (Å²) in [6.07, 6.45) is 0.506. The molecule has 2 rings (SSSR count). The van der Waals surface area contributed by atoms with E-state index in [2.05, 4.69) is 21.2 Å². The summed E-state index contributed by atoms with van der Waals surface area (Å²) in [6, 6.07) is 8.17. The van der Waals surface area contributed by atoms with Crippen molar-refractivity contribution >= 4 is 22.0 Å². The number of benzene rings is 1. The van der Waals surface area contributed by atoms with Gasteiger partial charge in [0.2, 0.25) is 0 Å².